The summed E-state index contributed by atoms with van der Waals surface area (Å²) in [4.78, 5) is 117. The molecule has 1 unspecified atom stereocenters. The Labute approximate surface area is 607 Å². The zero-order valence-electron chi connectivity index (χ0n) is 59.0. The zero-order chi connectivity index (χ0) is 75.5. The molecule has 4 aliphatic heterocycles. The minimum absolute atomic E-state index is 0.0793. The summed E-state index contributed by atoms with van der Waals surface area (Å²) < 4.78 is 67.4. The van der Waals surface area contributed by atoms with E-state index in [0.717, 1.165) is 44.2 Å². The second-order valence-electron chi connectivity index (χ2n) is 26.2. The zero-order valence-corrected chi connectivity index (χ0v) is 60.0. The number of aliphatic hydroxyl groups excluding tert-OH is 1. The Morgan fingerprint density at radius 1 is 0.434 bits per heavy atom. The van der Waals surface area contributed by atoms with Gasteiger partial charge in [0.05, 0.1) is 29.2 Å². The Kier molecular flexibility index (Phi) is 24.1. The molecule has 6 aromatic carbocycles. The highest BCUT2D eigenvalue weighted by Crippen LogP contribution is 2.40. The molecule has 0 spiro atoms. The number of H-pyrrole nitrogens is 3. The van der Waals surface area contributed by atoms with E-state index in [9.17, 15) is 48.3 Å². The summed E-state index contributed by atoms with van der Waals surface area (Å²) in [7, 11) is -2.14. The summed E-state index contributed by atoms with van der Waals surface area (Å²) in [5.74, 6) is -1.59. The van der Waals surface area contributed by atoms with Crippen molar-refractivity contribution in [3.8, 4) is 33.4 Å². The molecule has 0 bridgehead atoms. The van der Waals surface area contributed by atoms with Crippen molar-refractivity contribution >= 4 is 26.2 Å². The second-order valence-corrected chi connectivity index (χ2v) is 30.7. The Balaban J connectivity index is 0.000000159. The lowest BCUT2D eigenvalue weighted by Crippen LogP contribution is -2.45. The van der Waals surface area contributed by atoms with E-state index in [1.54, 1.807) is 57.2 Å². The number of carbonyl (C=O) groups excluding carboxylic acids is 3. The number of aliphatic hydroxyl groups is 1. The van der Waals surface area contributed by atoms with Gasteiger partial charge in [0, 0.05) is 35.3 Å². The van der Waals surface area contributed by atoms with Crippen LogP contribution >= 0.6 is 0 Å². The molecule has 0 aliphatic carbocycles. The molecule has 552 valence electrons. The minimum Gasteiger partial charge on any atom is -0.491 e. The molecule has 3 aromatic heterocycles. The number of hydrogen-bond acceptors (Lipinski definition) is 21. The van der Waals surface area contributed by atoms with Gasteiger partial charge in [-0.3, -0.25) is 43.0 Å². The molecule has 13 rings (SSSR count). The van der Waals surface area contributed by atoms with E-state index in [0.29, 0.717) is 27.8 Å². The molecule has 4 aliphatic rings. The molecule has 7 heterocycles. The average Bonchev–Trinajstić information content (AvgIpc) is 1.62. The van der Waals surface area contributed by atoms with Crippen molar-refractivity contribution in [2.45, 2.75) is 127 Å². The maximum atomic E-state index is 12.9. The lowest BCUT2D eigenvalue weighted by atomic mass is 10.0. The minimum atomic E-state index is -2.14. The van der Waals surface area contributed by atoms with Crippen LogP contribution in [0.3, 0.4) is 0 Å². The predicted molar refractivity (Wildman–Crippen MR) is 390 cm³/mol. The van der Waals surface area contributed by atoms with Gasteiger partial charge < -0.3 is 56.9 Å². The number of fused-ring (bicyclic) bond motifs is 1. The number of hydrogen-bond donors (Lipinski definition) is 4. The van der Waals surface area contributed by atoms with E-state index >= 15 is 0 Å². The van der Waals surface area contributed by atoms with E-state index in [-0.39, 0.29) is 25.4 Å². The van der Waals surface area contributed by atoms with E-state index < -0.39 is 140 Å². The van der Waals surface area contributed by atoms with E-state index in [1.165, 1.54) is 40.9 Å². The van der Waals surface area contributed by atoms with Crippen LogP contribution in [0.15, 0.2) is 237 Å². The van der Waals surface area contributed by atoms with Crippen molar-refractivity contribution in [1.82, 2.24) is 28.7 Å². The molecule has 0 radical (unpaired) electrons. The fraction of sp³-hybridized carbons (Fsp3) is 0.295. The van der Waals surface area contributed by atoms with Crippen LogP contribution in [0.4, 0.5) is 0 Å². The largest absolute Gasteiger partial charge is 0.491 e. The number of aryl methyl sites for hydroxylation is 3. The van der Waals surface area contributed by atoms with Crippen LogP contribution in [0.5, 0.6) is 0 Å². The Morgan fingerprint density at radius 2 is 0.755 bits per heavy atom. The van der Waals surface area contributed by atoms with Gasteiger partial charge in [-0.2, -0.15) is 0 Å². The Morgan fingerprint density at radius 3 is 1.14 bits per heavy atom. The summed E-state index contributed by atoms with van der Waals surface area (Å²) >= 11 is 0. The number of benzene rings is 6. The lowest BCUT2D eigenvalue weighted by molar-refractivity contribution is -0.145. The highest BCUT2D eigenvalue weighted by atomic mass is 28.4. The highest BCUT2D eigenvalue weighted by molar-refractivity contribution is 6.69. The molecule has 4 N–H and O–H groups in total. The molecular formula is C78H80N6O21Si. The van der Waals surface area contributed by atoms with Crippen LogP contribution in [0, 0.1) is 20.8 Å². The summed E-state index contributed by atoms with van der Waals surface area (Å²) in [5.41, 5.74) is 4.75. The van der Waals surface area contributed by atoms with Gasteiger partial charge in [0.2, 0.25) is 0 Å². The summed E-state index contributed by atoms with van der Waals surface area (Å²) in [6.45, 7) is 19.2. The van der Waals surface area contributed by atoms with Gasteiger partial charge in [-0.1, -0.05) is 141 Å². The first-order valence-corrected chi connectivity index (χ1v) is 37.4. The van der Waals surface area contributed by atoms with Crippen LogP contribution in [0.25, 0.3) is 33.4 Å². The molecule has 106 heavy (non-hydrogen) atoms. The van der Waals surface area contributed by atoms with E-state index in [2.05, 4.69) is 28.1 Å². The Bertz CT molecular complexity index is 4960. The first kappa shape index (κ1) is 75.9. The van der Waals surface area contributed by atoms with Crippen LogP contribution in [0.2, 0.25) is 19.6 Å². The predicted octanol–water partition coefficient (Wildman–Crippen LogP) is 8.57. The number of aromatic nitrogens is 6. The van der Waals surface area contributed by atoms with Crippen molar-refractivity contribution in [3.63, 3.8) is 0 Å². The van der Waals surface area contributed by atoms with Crippen LogP contribution < -0.4 is 33.7 Å². The van der Waals surface area contributed by atoms with Crippen molar-refractivity contribution in [3.05, 3.63) is 304 Å². The average molecular weight is 1470 g/mol. The van der Waals surface area contributed by atoms with Crippen LogP contribution in [0.1, 0.15) is 73.4 Å². The SMILES string of the molecule is C=CO[C@@H]1[C@H](O)[C@@H](COC(=O)c2ccc(-c3ccccc3)cc2)O[C@H]1n1cc(C)c(=O)[nH]c1=O.C=CO[C@@H]1[C@H](O[Si](C)(C)C)[C@@H](COC(=O)c2ccc(-c3ccccc3)cc2)O[C@H]1n1cc(C)c(=O)[nH]c1=O.Cc1cn([C@@H]2O[C@H](COC(=O)c3ccc(-c4ccccc4)cc3)[C@H]3OC(C)O[C@H]32)c(=O)[nH]c1=O. The van der Waals surface area contributed by atoms with Gasteiger partial charge in [-0.25, -0.2) is 28.8 Å². The third kappa shape index (κ3) is 17.9. The number of nitrogens with zero attached hydrogens (tertiary/aromatic N) is 3. The van der Waals surface area contributed by atoms with E-state index in [1.807, 2.05) is 147 Å². The molecule has 4 saturated heterocycles. The number of nitrogens with one attached hydrogen (secondary N) is 3. The van der Waals surface area contributed by atoms with Gasteiger partial charge in [0.1, 0.15) is 62.5 Å². The maximum absolute atomic E-state index is 12.9. The summed E-state index contributed by atoms with van der Waals surface area (Å²) in [6.07, 6.45) is -3.93. The van der Waals surface area contributed by atoms with Crippen LogP contribution in [-0.4, -0.2) is 141 Å². The molecule has 13 atom stereocenters. The molecule has 27 nitrogen and oxygen atoms in total. The second kappa shape index (κ2) is 33.7. The van der Waals surface area contributed by atoms with Crippen molar-refractivity contribution in [1.29, 1.82) is 0 Å². The van der Waals surface area contributed by atoms with Crippen molar-refractivity contribution in [2.75, 3.05) is 19.8 Å². The number of rotatable bonds is 21. The third-order valence-electron chi connectivity index (χ3n) is 17.7. The maximum Gasteiger partial charge on any atom is 0.338 e. The highest BCUT2D eigenvalue weighted by Gasteiger charge is 2.54. The normalized spacial score (nSPS) is 22.8. The van der Waals surface area contributed by atoms with Crippen molar-refractivity contribution < 1.29 is 71.3 Å². The molecular weight excluding hydrogens is 1380 g/mol. The molecule has 9 aromatic rings. The Hall–Kier alpha value is -11.2. The van der Waals surface area contributed by atoms with Gasteiger partial charge in [-0.15, -0.1) is 0 Å². The van der Waals surface area contributed by atoms with Crippen LogP contribution in [-0.2, 0) is 51.8 Å². The first-order chi connectivity index (χ1) is 50.9. The molecule has 0 saturated carbocycles. The standard InChI is InChI=1S/C28H32N2O7Si.2C25H24N2O7/c1-6-34-24-23(37-38(3,4)5)22(36-26(24)30-16-18(2)25(31)29-28(30)33)17-35-27(32)21-14-12-20(13-15-21)19-10-8-7-9-11-19;1-14-12-27(25(30)26-22(14)28)23-21-20(32-15(2)33-21)19(34-23)13-31-24(29)18-10-8-17(9-11-18)16-6-4-3-5-7-16;1-3-32-21-20(28)19(34-23(21)27-13-15(2)22(29)26-25(27)31)14-33-24(30)18-11-9-17(10-12-18)16-7-5-4-6-8-16/h6-16,22-24,26H,1,17H2,2-5H3,(H,29,31,33);3-12,15,19-21,23H,13H2,1-2H3,(H,26,28,30);3-13,19-21,23,28H,1,14H2,2H3,(H,26,29,31)/t22-,23-,24-,26-;15?,19-,20-,21-,23-;19-,20-,21-,23-/m111/s1. The molecule has 4 fully saturated rings. The fourth-order valence-corrected chi connectivity index (χ4v) is 13.5. The summed E-state index contributed by atoms with van der Waals surface area (Å²) in [5, 5.41) is 10.7. The van der Waals surface area contributed by atoms with Crippen molar-refractivity contribution in [2.24, 2.45) is 0 Å². The molecule has 0 amide bonds. The monoisotopic (exact) mass is 1460 g/mol. The lowest BCUT2D eigenvalue weighted by Gasteiger charge is -2.30. The number of esters is 3. The van der Waals surface area contributed by atoms with Gasteiger partial charge in [0.25, 0.3) is 16.7 Å². The van der Waals surface area contributed by atoms with E-state index in [4.69, 9.17) is 51.8 Å². The van der Waals surface area contributed by atoms with Gasteiger partial charge in [-0.05, 0) is 117 Å². The number of aromatic amines is 3. The molecule has 28 heteroatoms. The third-order valence-corrected chi connectivity index (χ3v) is 18.6. The summed E-state index contributed by atoms with van der Waals surface area (Å²) in [6, 6.07) is 50.7. The number of carbonyl (C=O) groups is 3. The fourth-order valence-electron chi connectivity index (χ4n) is 12.4. The van der Waals surface area contributed by atoms with Gasteiger partial charge in [0.15, 0.2) is 45.5 Å². The topological polar surface area (TPSA) is 338 Å². The smallest absolute Gasteiger partial charge is 0.338 e. The van der Waals surface area contributed by atoms with Gasteiger partial charge >= 0.3 is 35.0 Å². The quantitative estimate of drug-likeness (QED) is 0.0226. The first-order valence-electron chi connectivity index (χ1n) is 34.0. The number of ether oxygens (including phenoxy) is 10.